The quantitative estimate of drug-likeness (QED) is 0.653. The molecular formula is C22H23ClN2O. The molecule has 134 valence electrons. The van der Waals surface area contributed by atoms with Gasteiger partial charge in [-0.1, -0.05) is 29.8 Å². The van der Waals surface area contributed by atoms with E-state index in [1.807, 2.05) is 18.2 Å². The van der Waals surface area contributed by atoms with E-state index >= 15 is 0 Å². The van der Waals surface area contributed by atoms with E-state index in [-0.39, 0.29) is 5.78 Å². The van der Waals surface area contributed by atoms with Crippen molar-refractivity contribution in [2.45, 2.75) is 31.7 Å². The van der Waals surface area contributed by atoms with Gasteiger partial charge >= 0.3 is 0 Å². The van der Waals surface area contributed by atoms with Crippen LogP contribution in [0.1, 0.15) is 34.3 Å². The van der Waals surface area contributed by atoms with E-state index in [4.69, 9.17) is 11.6 Å². The van der Waals surface area contributed by atoms with E-state index in [1.165, 1.54) is 30.3 Å². The lowest BCUT2D eigenvalue weighted by Gasteiger charge is -2.18. The first-order valence-corrected chi connectivity index (χ1v) is 9.56. The van der Waals surface area contributed by atoms with Crippen LogP contribution in [0.3, 0.4) is 0 Å². The predicted octanol–water partition coefficient (Wildman–Crippen LogP) is 4.88. The first kappa shape index (κ1) is 17.3. The number of Topliss-reactive ketones (excluding diaryl/α,β-unsaturated/α-hetero) is 1. The third kappa shape index (κ3) is 3.55. The summed E-state index contributed by atoms with van der Waals surface area (Å²) in [4.78, 5) is 18.4. The minimum Gasteiger partial charge on any atom is -0.361 e. The van der Waals surface area contributed by atoms with Crippen LogP contribution in [-0.2, 0) is 12.8 Å². The molecule has 3 nitrogen and oxygen atoms in total. The van der Waals surface area contributed by atoms with Crippen molar-refractivity contribution in [2.75, 3.05) is 13.6 Å². The van der Waals surface area contributed by atoms with Crippen molar-refractivity contribution in [3.8, 4) is 0 Å². The first-order chi connectivity index (χ1) is 12.6. The van der Waals surface area contributed by atoms with E-state index in [1.54, 1.807) is 12.1 Å². The SMILES string of the molecule is CN1CCCC1Cc1c[nH]c2ccc(CC(=O)c3cccc(Cl)c3)cc12. The topological polar surface area (TPSA) is 36.1 Å². The number of likely N-dealkylation sites (N-methyl/N-ethyl adjacent to an activating group) is 1. The maximum absolute atomic E-state index is 12.6. The number of aromatic nitrogens is 1. The summed E-state index contributed by atoms with van der Waals surface area (Å²) in [5, 5.41) is 1.83. The van der Waals surface area contributed by atoms with Crippen molar-refractivity contribution in [3.05, 3.63) is 70.4 Å². The summed E-state index contributed by atoms with van der Waals surface area (Å²) in [7, 11) is 2.21. The van der Waals surface area contributed by atoms with Gasteiger partial charge in [0.2, 0.25) is 0 Å². The molecule has 2 heterocycles. The van der Waals surface area contributed by atoms with Gasteiger partial charge < -0.3 is 9.88 Å². The molecule has 1 N–H and O–H groups in total. The van der Waals surface area contributed by atoms with Crippen molar-refractivity contribution in [1.82, 2.24) is 9.88 Å². The number of nitrogens with zero attached hydrogens (tertiary/aromatic N) is 1. The Morgan fingerprint density at radius 3 is 2.92 bits per heavy atom. The number of likely N-dealkylation sites (tertiary alicyclic amines) is 1. The first-order valence-electron chi connectivity index (χ1n) is 9.18. The van der Waals surface area contributed by atoms with Gasteiger partial charge in [-0.25, -0.2) is 0 Å². The van der Waals surface area contributed by atoms with E-state index in [0.29, 0.717) is 23.0 Å². The molecule has 1 aliphatic heterocycles. The molecule has 0 bridgehead atoms. The normalized spacial score (nSPS) is 17.8. The van der Waals surface area contributed by atoms with Crippen LogP contribution in [0.25, 0.3) is 10.9 Å². The second-order valence-corrected chi connectivity index (χ2v) is 7.72. The van der Waals surface area contributed by atoms with E-state index in [9.17, 15) is 4.79 Å². The van der Waals surface area contributed by atoms with Crippen LogP contribution in [0.4, 0.5) is 0 Å². The fraction of sp³-hybridized carbons (Fsp3) is 0.318. The van der Waals surface area contributed by atoms with Crippen LogP contribution in [-0.4, -0.2) is 35.3 Å². The summed E-state index contributed by atoms with van der Waals surface area (Å²) in [5.74, 6) is 0.0967. The summed E-state index contributed by atoms with van der Waals surface area (Å²) in [6, 6.07) is 14.1. The highest BCUT2D eigenvalue weighted by Crippen LogP contribution is 2.26. The van der Waals surface area contributed by atoms with Gasteiger partial charge in [-0.2, -0.15) is 0 Å². The Labute approximate surface area is 159 Å². The second kappa shape index (κ2) is 7.26. The molecule has 3 aromatic rings. The average molecular weight is 367 g/mol. The van der Waals surface area contributed by atoms with Gasteiger partial charge in [0, 0.05) is 40.1 Å². The molecule has 4 rings (SSSR count). The molecular weight excluding hydrogens is 344 g/mol. The standard InChI is InChI=1S/C22H23ClN2O/c1-25-9-3-6-19(25)13-17-14-24-21-8-7-15(10-20(17)21)11-22(26)16-4-2-5-18(23)12-16/h2,4-5,7-8,10,12,14,19,24H,3,6,9,11,13H2,1H3. The number of hydrogen-bond acceptors (Lipinski definition) is 2. The number of carbonyl (C=O) groups is 1. The Balaban J connectivity index is 1.56. The van der Waals surface area contributed by atoms with Crippen LogP contribution in [0.15, 0.2) is 48.7 Å². The Hall–Kier alpha value is -2.10. The van der Waals surface area contributed by atoms with Gasteiger partial charge in [0.15, 0.2) is 5.78 Å². The van der Waals surface area contributed by atoms with Crippen molar-refractivity contribution >= 4 is 28.3 Å². The van der Waals surface area contributed by atoms with Crippen molar-refractivity contribution in [2.24, 2.45) is 0 Å². The predicted molar refractivity (Wildman–Crippen MR) is 107 cm³/mol. The summed E-state index contributed by atoms with van der Waals surface area (Å²) >= 11 is 6.01. The number of rotatable bonds is 5. The fourth-order valence-electron chi connectivity index (χ4n) is 3.94. The zero-order chi connectivity index (χ0) is 18.1. The fourth-order valence-corrected chi connectivity index (χ4v) is 4.14. The van der Waals surface area contributed by atoms with E-state index in [2.05, 4.69) is 35.3 Å². The van der Waals surface area contributed by atoms with Crippen LogP contribution in [0.2, 0.25) is 5.02 Å². The summed E-state index contributed by atoms with van der Waals surface area (Å²) in [6.07, 6.45) is 6.12. The molecule has 0 amide bonds. The Bertz CT molecular complexity index is 946. The summed E-state index contributed by atoms with van der Waals surface area (Å²) in [5.41, 5.74) is 4.19. The number of carbonyl (C=O) groups excluding carboxylic acids is 1. The van der Waals surface area contributed by atoms with Gasteiger partial charge in [-0.05, 0) is 68.2 Å². The number of hydrogen-bond donors (Lipinski definition) is 1. The second-order valence-electron chi connectivity index (χ2n) is 7.28. The van der Waals surface area contributed by atoms with Gasteiger partial charge in [0.05, 0.1) is 0 Å². The molecule has 1 unspecified atom stereocenters. The third-order valence-corrected chi connectivity index (χ3v) is 5.71. The molecule has 1 atom stereocenters. The molecule has 0 radical (unpaired) electrons. The highest BCUT2D eigenvalue weighted by atomic mass is 35.5. The monoisotopic (exact) mass is 366 g/mol. The lowest BCUT2D eigenvalue weighted by molar-refractivity contribution is 0.0993. The molecule has 1 fully saturated rings. The number of benzene rings is 2. The maximum Gasteiger partial charge on any atom is 0.167 e. The summed E-state index contributed by atoms with van der Waals surface area (Å²) < 4.78 is 0. The number of ketones is 1. The maximum atomic E-state index is 12.6. The highest BCUT2D eigenvalue weighted by Gasteiger charge is 2.22. The Morgan fingerprint density at radius 1 is 1.27 bits per heavy atom. The van der Waals surface area contributed by atoms with Crippen molar-refractivity contribution in [1.29, 1.82) is 0 Å². The number of H-pyrrole nitrogens is 1. The van der Waals surface area contributed by atoms with Crippen LogP contribution in [0, 0.1) is 0 Å². The van der Waals surface area contributed by atoms with Crippen LogP contribution >= 0.6 is 11.6 Å². The number of fused-ring (bicyclic) bond motifs is 1. The summed E-state index contributed by atoms with van der Waals surface area (Å²) in [6.45, 7) is 1.19. The van der Waals surface area contributed by atoms with Gasteiger partial charge in [0.25, 0.3) is 0 Å². The molecule has 0 aliphatic carbocycles. The molecule has 1 aromatic heterocycles. The zero-order valence-electron chi connectivity index (χ0n) is 15.0. The largest absolute Gasteiger partial charge is 0.361 e. The number of halogens is 1. The molecule has 0 spiro atoms. The number of nitrogens with one attached hydrogen (secondary N) is 1. The minimum absolute atomic E-state index is 0.0967. The highest BCUT2D eigenvalue weighted by molar-refractivity contribution is 6.31. The van der Waals surface area contributed by atoms with Gasteiger partial charge in [0.1, 0.15) is 0 Å². The molecule has 4 heteroatoms. The molecule has 2 aromatic carbocycles. The molecule has 1 saturated heterocycles. The van der Waals surface area contributed by atoms with Gasteiger partial charge in [-0.3, -0.25) is 4.79 Å². The minimum atomic E-state index is 0.0967. The van der Waals surface area contributed by atoms with E-state index in [0.717, 1.165) is 17.5 Å². The molecule has 0 saturated carbocycles. The molecule has 1 aliphatic rings. The van der Waals surface area contributed by atoms with Crippen molar-refractivity contribution < 1.29 is 4.79 Å². The Morgan fingerprint density at radius 2 is 2.15 bits per heavy atom. The third-order valence-electron chi connectivity index (χ3n) is 5.47. The lowest BCUT2D eigenvalue weighted by atomic mass is 9.99. The van der Waals surface area contributed by atoms with Crippen LogP contribution < -0.4 is 0 Å². The smallest absolute Gasteiger partial charge is 0.167 e. The average Bonchev–Trinajstić information content (AvgIpc) is 3.22. The number of aromatic amines is 1. The van der Waals surface area contributed by atoms with Crippen LogP contribution in [0.5, 0.6) is 0 Å². The van der Waals surface area contributed by atoms with Crippen molar-refractivity contribution in [3.63, 3.8) is 0 Å². The zero-order valence-corrected chi connectivity index (χ0v) is 15.7. The molecule has 26 heavy (non-hydrogen) atoms. The lowest BCUT2D eigenvalue weighted by Crippen LogP contribution is -2.26. The Kier molecular flexibility index (Phi) is 4.84. The van der Waals surface area contributed by atoms with Gasteiger partial charge in [-0.15, -0.1) is 0 Å². The van der Waals surface area contributed by atoms with E-state index < -0.39 is 0 Å².